The molecule has 1 saturated heterocycles. The lowest BCUT2D eigenvalue weighted by Gasteiger charge is -2.33. The molecule has 2 aromatic heterocycles. The zero-order valence-electron chi connectivity index (χ0n) is 18.8. The van der Waals surface area contributed by atoms with Crippen molar-refractivity contribution in [2.24, 2.45) is 5.92 Å². The van der Waals surface area contributed by atoms with Crippen molar-refractivity contribution in [1.29, 1.82) is 0 Å². The topological polar surface area (TPSA) is 105 Å². The number of rotatable bonds is 7. The quantitative estimate of drug-likeness (QED) is 0.273. The number of ether oxygens (including phenoxy) is 3. The molecule has 3 atom stereocenters. The Kier molecular flexibility index (Phi) is 6.62. The van der Waals surface area contributed by atoms with Gasteiger partial charge < -0.3 is 14.2 Å². The van der Waals surface area contributed by atoms with Gasteiger partial charge in [-0.25, -0.2) is 28.9 Å². The van der Waals surface area contributed by atoms with Crippen molar-refractivity contribution in [3.05, 3.63) is 89.6 Å². The van der Waals surface area contributed by atoms with E-state index in [1.807, 2.05) is 0 Å². The maximum Gasteiger partial charge on any atom is 0.338 e. The second-order valence-corrected chi connectivity index (χ2v) is 8.48. The molecule has 0 saturated carbocycles. The molecule has 11 heteroatoms. The first-order valence-corrected chi connectivity index (χ1v) is 11.4. The highest BCUT2D eigenvalue weighted by Gasteiger charge is 2.55. The molecule has 1 fully saturated rings. The number of carbonyl (C=O) groups is 2. The highest BCUT2D eigenvalue weighted by Crippen LogP contribution is 2.41. The third-order valence-electron chi connectivity index (χ3n) is 6.09. The van der Waals surface area contributed by atoms with Crippen LogP contribution < -0.4 is 0 Å². The van der Waals surface area contributed by atoms with Gasteiger partial charge >= 0.3 is 11.9 Å². The van der Waals surface area contributed by atoms with Crippen molar-refractivity contribution < 1.29 is 28.2 Å². The average molecular weight is 511 g/mol. The lowest BCUT2D eigenvalue weighted by molar-refractivity contribution is -0.115. The van der Waals surface area contributed by atoms with Gasteiger partial charge in [-0.15, -0.1) is 0 Å². The molecule has 0 spiro atoms. The van der Waals surface area contributed by atoms with Crippen molar-refractivity contribution in [3.63, 3.8) is 0 Å². The van der Waals surface area contributed by atoms with Gasteiger partial charge in [-0.1, -0.05) is 48.0 Å². The molecule has 0 amide bonds. The summed E-state index contributed by atoms with van der Waals surface area (Å²) < 4.78 is 33.6. The lowest BCUT2D eigenvalue weighted by Crippen LogP contribution is -2.46. The van der Waals surface area contributed by atoms with E-state index >= 15 is 0 Å². The van der Waals surface area contributed by atoms with Crippen LogP contribution in [0.3, 0.4) is 0 Å². The number of hydrogen-bond acceptors (Lipinski definition) is 8. The molecule has 4 aromatic rings. The van der Waals surface area contributed by atoms with Gasteiger partial charge in [0.15, 0.2) is 16.5 Å². The van der Waals surface area contributed by atoms with Crippen LogP contribution in [0.1, 0.15) is 20.7 Å². The van der Waals surface area contributed by atoms with Crippen molar-refractivity contribution in [3.8, 4) is 0 Å². The molecule has 0 radical (unpaired) electrons. The van der Waals surface area contributed by atoms with Gasteiger partial charge in [0.05, 0.1) is 30.0 Å². The van der Waals surface area contributed by atoms with Crippen LogP contribution in [0.4, 0.5) is 4.39 Å². The van der Waals surface area contributed by atoms with Crippen LogP contribution in [-0.2, 0) is 19.9 Å². The lowest BCUT2D eigenvalue weighted by atomic mass is 9.94. The number of imidazole rings is 1. The van der Waals surface area contributed by atoms with Gasteiger partial charge in [0.25, 0.3) is 0 Å². The number of carbonyl (C=O) groups excluding carboxylic acids is 2. The van der Waals surface area contributed by atoms with E-state index in [-0.39, 0.29) is 29.5 Å². The Morgan fingerprint density at radius 1 is 1.03 bits per heavy atom. The third kappa shape index (κ3) is 4.29. The van der Waals surface area contributed by atoms with Crippen LogP contribution >= 0.6 is 11.6 Å². The highest BCUT2D eigenvalue weighted by molar-refractivity contribution is 6.33. The minimum atomic E-state index is -1.73. The Morgan fingerprint density at radius 3 is 2.36 bits per heavy atom. The number of halogens is 2. The van der Waals surface area contributed by atoms with Crippen LogP contribution in [-0.4, -0.2) is 57.4 Å². The molecule has 1 aliphatic rings. The Morgan fingerprint density at radius 2 is 1.69 bits per heavy atom. The van der Waals surface area contributed by atoms with Crippen LogP contribution in [0.5, 0.6) is 0 Å². The molecule has 0 bridgehead atoms. The molecule has 9 nitrogen and oxygen atoms in total. The molecular weight excluding hydrogens is 491 g/mol. The monoisotopic (exact) mass is 510 g/mol. The van der Waals surface area contributed by atoms with Crippen LogP contribution in [0.2, 0.25) is 5.15 Å². The fourth-order valence-corrected chi connectivity index (χ4v) is 4.41. The molecule has 2 aromatic carbocycles. The maximum absolute atomic E-state index is 14.9. The predicted octanol–water partition coefficient (Wildman–Crippen LogP) is 3.83. The summed E-state index contributed by atoms with van der Waals surface area (Å²) in [5.74, 6) is -2.16. The minimum absolute atomic E-state index is 0.0878. The smallest absolute Gasteiger partial charge is 0.338 e. The van der Waals surface area contributed by atoms with Crippen LogP contribution in [0, 0.1) is 5.92 Å². The number of aromatic nitrogens is 4. The molecule has 184 valence electrons. The van der Waals surface area contributed by atoms with Gasteiger partial charge in [-0.05, 0) is 24.3 Å². The molecule has 36 heavy (non-hydrogen) atoms. The predicted molar refractivity (Wildman–Crippen MR) is 126 cm³/mol. The van der Waals surface area contributed by atoms with E-state index in [1.54, 1.807) is 60.7 Å². The summed E-state index contributed by atoms with van der Waals surface area (Å²) in [6.45, 7) is -1.50. The van der Waals surface area contributed by atoms with E-state index < -0.39 is 36.4 Å². The first kappa shape index (κ1) is 23.8. The maximum atomic E-state index is 14.9. The number of esters is 2. The SMILES string of the molecule is O=C(OC[C@@H]1[C@H](OC(=O)c2ccccc2)COC1(CF)n1cnc2c(Cl)ncnc21)c1ccccc1. The molecule has 3 heterocycles. The van der Waals surface area contributed by atoms with Crippen LogP contribution in [0.15, 0.2) is 73.3 Å². The van der Waals surface area contributed by atoms with E-state index in [4.69, 9.17) is 25.8 Å². The standard InChI is InChI=1S/C25H20ClFN4O5/c26-21-20-22(29-14-28-21)31(15-30-20)25(13-27)18(11-34-23(32)16-7-3-1-4-8-16)19(12-35-25)36-24(33)17-9-5-2-6-10-17/h1-10,14-15,18-19H,11-13H2/t18-,19-,25?/m1/s1. The molecule has 1 unspecified atom stereocenters. The van der Waals surface area contributed by atoms with Gasteiger partial charge in [0.2, 0.25) is 0 Å². The van der Waals surface area contributed by atoms with Crippen molar-refractivity contribution in [2.75, 3.05) is 19.9 Å². The largest absolute Gasteiger partial charge is 0.461 e. The van der Waals surface area contributed by atoms with Crippen molar-refractivity contribution in [2.45, 2.75) is 11.8 Å². The molecular formula is C25H20ClFN4O5. The Balaban J connectivity index is 1.49. The number of fused-ring (bicyclic) bond motifs is 1. The number of hydrogen-bond donors (Lipinski definition) is 0. The van der Waals surface area contributed by atoms with E-state index in [0.29, 0.717) is 11.1 Å². The first-order valence-electron chi connectivity index (χ1n) is 11.1. The van der Waals surface area contributed by atoms with Gasteiger partial charge in [0, 0.05) is 0 Å². The fraction of sp³-hybridized carbons (Fsp3) is 0.240. The number of alkyl halides is 1. The van der Waals surface area contributed by atoms with E-state index in [2.05, 4.69) is 15.0 Å². The van der Waals surface area contributed by atoms with E-state index in [0.717, 1.165) is 0 Å². The zero-order valence-corrected chi connectivity index (χ0v) is 19.5. The highest BCUT2D eigenvalue weighted by atomic mass is 35.5. The number of benzene rings is 2. The van der Waals surface area contributed by atoms with Gasteiger partial charge in [0.1, 0.15) is 31.2 Å². The van der Waals surface area contributed by atoms with Crippen molar-refractivity contribution in [1.82, 2.24) is 19.5 Å². The summed E-state index contributed by atoms with van der Waals surface area (Å²) in [6, 6.07) is 16.8. The fourth-order valence-electron chi connectivity index (χ4n) is 4.23. The second-order valence-electron chi connectivity index (χ2n) is 8.12. The Hall–Kier alpha value is -3.89. The van der Waals surface area contributed by atoms with Gasteiger partial charge in [-0.3, -0.25) is 4.57 Å². The number of nitrogens with zero attached hydrogens (tertiary/aromatic N) is 4. The average Bonchev–Trinajstić information content (AvgIpc) is 3.51. The van der Waals surface area contributed by atoms with E-state index in [1.165, 1.54) is 17.2 Å². The molecule has 0 N–H and O–H groups in total. The Bertz CT molecular complexity index is 1390. The summed E-state index contributed by atoms with van der Waals surface area (Å²) in [6.07, 6.45) is 1.62. The second kappa shape index (κ2) is 10.00. The van der Waals surface area contributed by atoms with Crippen molar-refractivity contribution >= 4 is 34.7 Å². The normalized spacial score (nSPS) is 21.4. The van der Waals surface area contributed by atoms with E-state index in [9.17, 15) is 14.0 Å². The summed E-state index contributed by atoms with van der Waals surface area (Å²) in [5, 5.41) is 0.0878. The molecule has 1 aliphatic heterocycles. The zero-order chi connectivity index (χ0) is 25.1. The summed E-state index contributed by atoms with van der Waals surface area (Å²) in [5.41, 5.74) is -0.608. The third-order valence-corrected chi connectivity index (χ3v) is 6.36. The molecule has 5 rings (SSSR count). The van der Waals surface area contributed by atoms with Gasteiger partial charge in [-0.2, -0.15) is 0 Å². The Labute approximate surface area is 209 Å². The first-order chi connectivity index (χ1) is 17.5. The minimum Gasteiger partial charge on any atom is -0.461 e. The van der Waals surface area contributed by atoms with Crippen LogP contribution in [0.25, 0.3) is 11.2 Å². The molecule has 0 aliphatic carbocycles. The summed E-state index contributed by atoms with van der Waals surface area (Å²) in [4.78, 5) is 37.8. The summed E-state index contributed by atoms with van der Waals surface area (Å²) in [7, 11) is 0. The summed E-state index contributed by atoms with van der Waals surface area (Å²) >= 11 is 6.14.